The Hall–Kier alpha value is 0.630. The van der Waals surface area contributed by atoms with Crippen LogP contribution in [0.2, 0.25) is 6.22 Å². The van der Waals surface area contributed by atoms with Gasteiger partial charge in [0.2, 0.25) is 0 Å². The molecule has 0 fully saturated rings. The maximum atomic E-state index is 5.97. The van der Waals surface area contributed by atoms with Crippen molar-refractivity contribution in [2.24, 2.45) is 0 Å². The molecule has 0 rings (SSSR count). The van der Waals surface area contributed by atoms with Gasteiger partial charge in [-0.3, -0.25) is 0 Å². The third-order valence-corrected chi connectivity index (χ3v) is 2.65. The maximum absolute atomic E-state index is 5.97. The SMILES string of the molecule is CN(C)B(Cl)CB(Cl)N(C)C. The third kappa shape index (κ3) is 4.96. The van der Waals surface area contributed by atoms with Crippen LogP contribution in [-0.4, -0.2) is 50.3 Å². The number of halogens is 2. The molecule has 64 valence electrons. The van der Waals surface area contributed by atoms with Crippen molar-refractivity contribution in [3.63, 3.8) is 0 Å². The largest absolute Gasteiger partial charge is 0.334 e. The van der Waals surface area contributed by atoms with E-state index in [1.54, 1.807) is 0 Å². The minimum Gasteiger partial charge on any atom is -0.334 e. The topological polar surface area (TPSA) is 6.48 Å². The van der Waals surface area contributed by atoms with Crippen molar-refractivity contribution in [1.82, 2.24) is 9.62 Å². The van der Waals surface area contributed by atoms with Crippen molar-refractivity contribution < 1.29 is 0 Å². The highest BCUT2D eigenvalue weighted by Crippen LogP contribution is 2.08. The standard InChI is InChI=1S/C5H14B2Cl2N2/c1-10(2)6(8)5-7(9)11(3)4/h5H2,1-4H3. The van der Waals surface area contributed by atoms with Gasteiger partial charge in [-0.25, -0.2) is 0 Å². The summed E-state index contributed by atoms with van der Waals surface area (Å²) in [6.45, 7) is 0. The second-order valence-electron chi connectivity index (χ2n) is 3.03. The van der Waals surface area contributed by atoms with Gasteiger partial charge >= 0.3 is 12.5 Å². The molecule has 0 amide bonds. The van der Waals surface area contributed by atoms with E-state index in [0.29, 0.717) is 0 Å². The molecule has 0 unspecified atom stereocenters. The fourth-order valence-electron chi connectivity index (χ4n) is 0.582. The minimum atomic E-state index is 0.0138. The molecule has 11 heavy (non-hydrogen) atoms. The molecule has 0 saturated carbocycles. The van der Waals surface area contributed by atoms with Crippen LogP contribution in [0.1, 0.15) is 0 Å². The summed E-state index contributed by atoms with van der Waals surface area (Å²) in [6.07, 6.45) is 0.795. The first-order chi connectivity index (χ1) is 4.95. The first kappa shape index (κ1) is 11.6. The van der Waals surface area contributed by atoms with Gasteiger partial charge in [0.25, 0.3) is 0 Å². The predicted molar refractivity (Wildman–Crippen MR) is 55.4 cm³/mol. The number of nitrogens with zero attached hydrogens (tertiary/aromatic N) is 2. The normalized spacial score (nSPS) is 10.9. The Labute approximate surface area is 79.8 Å². The zero-order chi connectivity index (χ0) is 9.02. The van der Waals surface area contributed by atoms with Gasteiger partial charge in [0.1, 0.15) is 0 Å². The predicted octanol–water partition coefficient (Wildman–Crippen LogP) is 1.10. The van der Waals surface area contributed by atoms with Crippen molar-refractivity contribution in [2.75, 3.05) is 28.2 Å². The molecule has 0 aliphatic carbocycles. The molecule has 0 heterocycles. The molecule has 0 aliphatic heterocycles. The molecule has 0 aromatic rings. The number of hydrogen-bond donors (Lipinski definition) is 0. The van der Waals surface area contributed by atoms with Gasteiger partial charge in [0.05, 0.1) is 0 Å². The van der Waals surface area contributed by atoms with E-state index in [1.165, 1.54) is 0 Å². The van der Waals surface area contributed by atoms with Gasteiger partial charge in [-0.1, -0.05) is 0 Å². The molecule has 0 spiro atoms. The Bertz CT molecular complexity index is 101. The van der Waals surface area contributed by atoms with Crippen LogP contribution in [0.4, 0.5) is 0 Å². The van der Waals surface area contributed by atoms with E-state index in [2.05, 4.69) is 0 Å². The molecule has 0 aromatic heterocycles. The summed E-state index contributed by atoms with van der Waals surface area (Å²) >= 11 is 11.9. The molecule has 0 aliphatic rings. The van der Waals surface area contributed by atoms with Crippen LogP contribution in [0.5, 0.6) is 0 Å². The van der Waals surface area contributed by atoms with Crippen molar-refractivity contribution >= 4 is 35.4 Å². The summed E-state index contributed by atoms with van der Waals surface area (Å²) < 4.78 is 0. The molecule has 0 radical (unpaired) electrons. The van der Waals surface area contributed by atoms with E-state index in [4.69, 9.17) is 22.9 Å². The number of hydrogen-bond acceptors (Lipinski definition) is 2. The second kappa shape index (κ2) is 5.31. The zero-order valence-electron chi connectivity index (χ0n) is 7.51. The van der Waals surface area contributed by atoms with Crippen LogP contribution >= 0.6 is 22.9 Å². The molecular formula is C5H14B2Cl2N2. The molecule has 6 heteroatoms. The highest BCUT2D eigenvalue weighted by atomic mass is 35.5. The van der Waals surface area contributed by atoms with Crippen LogP contribution < -0.4 is 0 Å². The Morgan fingerprint density at radius 1 is 0.909 bits per heavy atom. The van der Waals surface area contributed by atoms with E-state index in [0.717, 1.165) is 6.22 Å². The Kier molecular flexibility index (Phi) is 5.61. The van der Waals surface area contributed by atoms with Gasteiger partial charge in [-0.15, -0.1) is 0 Å². The van der Waals surface area contributed by atoms with Crippen molar-refractivity contribution in [2.45, 2.75) is 6.22 Å². The average Bonchev–Trinajstić information content (AvgIpc) is 1.87. The van der Waals surface area contributed by atoms with Crippen molar-refractivity contribution in [3.8, 4) is 0 Å². The fraction of sp³-hybridized carbons (Fsp3) is 1.00. The first-order valence-electron chi connectivity index (χ1n) is 3.56. The van der Waals surface area contributed by atoms with Gasteiger partial charge in [0.15, 0.2) is 0 Å². The van der Waals surface area contributed by atoms with E-state index < -0.39 is 0 Å². The average molecular weight is 195 g/mol. The lowest BCUT2D eigenvalue weighted by Crippen LogP contribution is -2.37. The monoisotopic (exact) mass is 194 g/mol. The molecule has 0 atom stereocenters. The third-order valence-electron chi connectivity index (χ3n) is 1.51. The van der Waals surface area contributed by atoms with Crippen LogP contribution in [0.3, 0.4) is 0 Å². The second-order valence-corrected chi connectivity index (χ2v) is 4.04. The van der Waals surface area contributed by atoms with E-state index in [1.807, 2.05) is 37.8 Å². The Morgan fingerprint density at radius 3 is 1.36 bits per heavy atom. The van der Waals surface area contributed by atoms with E-state index in [9.17, 15) is 0 Å². The lowest BCUT2D eigenvalue weighted by molar-refractivity contribution is 0.640. The van der Waals surface area contributed by atoms with Crippen molar-refractivity contribution in [3.05, 3.63) is 0 Å². The molecular weight excluding hydrogens is 181 g/mol. The molecule has 0 bridgehead atoms. The minimum absolute atomic E-state index is 0.0138. The van der Waals surface area contributed by atoms with Crippen molar-refractivity contribution in [1.29, 1.82) is 0 Å². The van der Waals surface area contributed by atoms with Crippen LogP contribution in [-0.2, 0) is 0 Å². The first-order valence-corrected chi connectivity index (χ1v) is 4.43. The molecule has 2 nitrogen and oxygen atoms in total. The van der Waals surface area contributed by atoms with E-state index in [-0.39, 0.29) is 12.5 Å². The molecule has 0 aromatic carbocycles. The maximum Gasteiger partial charge on any atom is 0.326 e. The highest BCUT2D eigenvalue weighted by Gasteiger charge is 2.23. The summed E-state index contributed by atoms with van der Waals surface area (Å²) in [5.41, 5.74) is 0. The van der Waals surface area contributed by atoms with Crippen LogP contribution in [0.15, 0.2) is 0 Å². The Balaban J connectivity index is 3.66. The summed E-state index contributed by atoms with van der Waals surface area (Å²) in [7, 11) is 7.77. The lowest BCUT2D eigenvalue weighted by atomic mass is 9.65. The van der Waals surface area contributed by atoms with Gasteiger partial charge < -0.3 is 9.62 Å². The molecule has 0 N–H and O–H groups in total. The zero-order valence-corrected chi connectivity index (χ0v) is 9.02. The molecule has 0 saturated heterocycles. The van der Waals surface area contributed by atoms with Gasteiger partial charge in [-0.05, 0) is 34.4 Å². The van der Waals surface area contributed by atoms with Crippen LogP contribution in [0.25, 0.3) is 0 Å². The van der Waals surface area contributed by atoms with E-state index >= 15 is 0 Å². The Morgan fingerprint density at radius 2 is 1.18 bits per heavy atom. The van der Waals surface area contributed by atoms with Gasteiger partial charge in [0, 0.05) is 0 Å². The number of rotatable bonds is 4. The fourth-order valence-corrected chi connectivity index (χ4v) is 1.01. The van der Waals surface area contributed by atoms with Crippen LogP contribution in [0, 0.1) is 0 Å². The summed E-state index contributed by atoms with van der Waals surface area (Å²) in [4.78, 5) is 3.89. The highest BCUT2D eigenvalue weighted by molar-refractivity contribution is 7.17. The quantitative estimate of drug-likeness (QED) is 0.619. The van der Waals surface area contributed by atoms with Gasteiger partial charge in [-0.2, -0.15) is 22.9 Å². The smallest absolute Gasteiger partial charge is 0.326 e. The summed E-state index contributed by atoms with van der Waals surface area (Å²) in [5.74, 6) is 0. The summed E-state index contributed by atoms with van der Waals surface area (Å²) in [5, 5.41) is 0. The summed E-state index contributed by atoms with van der Waals surface area (Å²) in [6, 6.07) is 0. The lowest BCUT2D eigenvalue weighted by Gasteiger charge is -2.18.